The molecule has 2 aromatic carbocycles. The van der Waals surface area contributed by atoms with Crippen LogP contribution < -0.4 is 5.32 Å². The van der Waals surface area contributed by atoms with Gasteiger partial charge in [0.2, 0.25) is 0 Å². The average molecular weight is 452 g/mol. The second kappa shape index (κ2) is 11.0. The first-order valence-corrected chi connectivity index (χ1v) is 12.6. The summed E-state index contributed by atoms with van der Waals surface area (Å²) in [6.45, 7) is 7.31. The van der Waals surface area contributed by atoms with E-state index in [1.807, 2.05) is 58.2 Å². The van der Waals surface area contributed by atoms with Crippen LogP contribution in [0.4, 0.5) is 5.69 Å². The number of hydrogen-bond donors (Lipinski definition) is 1. The zero-order valence-corrected chi connectivity index (χ0v) is 20.0. The Balaban J connectivity index is 2.45. The fourth-order valence-corrected chi connectivity index (χ4v) is 5.56. The van der Waals surface area contributed by atoms with Crippen LogP contribution in [0, 0.1) is 0 Å². The molecular formula is C22H30NO5PS. The summed E-state index contributed by atoms with van der Waals surface area (Å²) in [6.07, 6.45) is 1.43. The number of anilines is 1. The maximum atomic E-state index is 13.9. The van der Waals surface area contributed by atoms with E-state index in [1.54, 1.807) is 36.0 Å². The number of carbonyl (C=O) groups excluding carboxylic acids is 1. The molecule has 164 valence electrons. The Morgan fingerprint density at radius 1 is 0.933 bits per heavy atom. The van der Waals surface area contributed by atoms with E-state index in [0.29, 0.717) is 11.3 Å². The Morgan fingerprint density at radius 2 is 1.47 bits per heavy atom. The minimum absolute atomic E-state index is 0.286. The highest BCUT2D eigenvalue weighted by molar-refractivity contribution is 7.98. The molecule has 0 aliphatic rings. The van der Waals surface area contributed by atoms with E-state index in [1.165, 1.54) is 7.11 Å². The van der Waals surface area contributed by atoms with E-state index in [2.05, 4.69) is 5.32 Å². The molecule has 1 atom stereocenters. The Labute approximate surface area is 183 Å². The zero-order valence-electron chi connectivity index (χ0n) is 18.2. The molecule has 0 fully saturated rings. The Bertz CT molecular complexity index is 854. The second-order valence-electron chi connectivity index (χ2n) is 7.24. The molecule has 0 aliphatic heterocycles. The zero-order chi connectivity index (χ0) is 22.3. The molecule has 0 aromatic heterocycles. The van der Waals surface area contributed by atoms with E-state index in [-0.39, 0.29) is 12.2 Å². The lowest BCUT2D eigenvalue weighted by atomic mass is 10.2. The lowest BCUT2D eigenvalue weighted by Gasteiger charge is -2.31. The van der Waals surface area contributed by atoms with Crippen molar-refractivity contribution in [1.29, 1.82) is 0 Å². The minimum atomic E-state index is -3.60. The summed E-state index contributed by atoms with van der Waals surface area (Å²) < 4.78 is 30.4. The summed E-state index contributed by atoms with van der Waals surface area (Å²) in [4.78, 5) is 12.8. The van der Waals surface area contributed by atoms with Crippen molar-refractivity contribution < 1.29 is 23.1 Å². The summed E-state index contributed by atoms with van der Waals surface area (Å²) in [5, 5.41) is 3.30. The Kier molecular flexibility index (Phi) is 8.98. The number of carbonyl (C=O) groups is 1. The smallest absolute Gasteiger partial charge is 0.357 e. The van der Waals surface area contributed by atoms with E-state index < -0.39 is 19.3 Å². The second-order valence-corrected chi connectivity index (χ2v) is 10.1. The minimum Gasteiger partial charge on any atom is -0.465 e. The van der Waals surface area contributed by atoms with Crippen LogP contribution in [0.1, 0.15) is 49.4 Å². The predicted octanol–water partition coefficient (Wildman–Crippen LogP) is 6.35. The SMILES string of the molecule is COC(=O)c1ccc(NC(c2ccc(SC)cc2)P(=O)(OC(C)C)OC(C)C)cc1. The van der Waals surface area contributed by atoms with Crippen molar-refractivity contribution in [3.05, 3.63) is 59.7 Å². The van der Waals surface area contributed by atoms with Gasteiger partial charge in [0.15, 0.2) is 5.78 Å². The highest BCUT2D eigenvalue weighted by Crippen LogP contribution is 2.62. The number of esters is 1. The van der Waals surface area contributed by atoms with Crippen LogP contribution in [0.5, 0.6) is 0 Å². The molecule has 0 spiro atoms. The average Bonchev–Trinajstić information content (AvgIpc) is 2.70. The van der Waals surface area contributed by atoms with Crippen LogP contribution in [0.3, 0.4) is 0 Å². The lowest BCUT2D eigenvalue weighted by Crippen LogP contribution is -2.19. The summed E-state index contributed by atoms with van der Waals surface area (Å²) >= 11 is 1.63. The van der Waals surface area contributed by atoms with Crippen molar-refractivity contribution in [1.82, 2.24) is 0 Å². The van der Waals surface area contributed by atoms with Crippen molar-refractivity contribution in [3.63, 3.8) is 0 Å². The number of methoxy groups -OCH3 is 1. The van der Waals surface area contributed by atoms with Gasteiger partial charge in [0, 0.05) is 10.6 Å². The topological polar surface area (TPSA) is 73.9 Å². The van der Waals surface area contributed by atoms with Crippen molar-refractivity contribution >= 4 is 31.0 Å². The van der Waals surface area contributed by atoms with E-state index >= 15 is 0 Å². The van der Waals surface area contributed by atoms with Crippen LogP contribution in [-0.4, -0.2) is 31.5 Å². The molecule has 0 bridgehead atoms. The maximum Gasteiger partial charge on any atom is 0.357 e. The molecule has 2 aromatic rings. The molecule has 0 amide bonds. The maximum absolute atomic E-state index is 13.9. The first kappa shape index (κ1) is 24.5. The third-order valence-corrected chi connectivity index (χ3v) is 7.31. The van der Waals surface area contributed by atoms with Crippen molar-refractivity contribution in [2.75, 3.05) is 18.7 Å². The normalized spacial score (nSPS) is 12.8. The fourth-order valence-electron chi connectivity index (χ4n) is 2.84. The van der Waals surface area contributed by atoms with Gasteiger partial charge in [-0.15, -0.1) is 11.8 Å². The third-order valence-electron chi connectivity index (χ3n) is 4.07. The van der Waals surface area contributed by atoms with Gasteiger partial charge in [-0.2, -0.15) is 0 Å². The number of hydrogen-bond acceptors (Lipinski definition) is 7. The van der Waals surface area contributed by atoms with Gasteiger partial charge in [0.1, 0.15) is 0 Å². The molecule has 1 N–H and O–H groups in total. The quantitative estimate of drug-likeness (QED) is 0.256. The summed E-state index contributed by atoms with van der Waals surface area (Å²) in [5.74, 6) is -1.13. The largest absolute Gasteiger partial charge is 0.465 e. The van der Waals surface area contributed by atoms with Crippen LogP contribution in [-0.2, 0) is 18.3 Å². The first-order chi connectivity index (χ1) is 14.2. The molecule has 1 unspecified atom stereocenters. The van der Waals surface area contributed by atoms with Crippen LogP contribution in [0.25, 0.3) is 0 Å². The number of thioether (sulfide) groups is 1. The molecule has 0 radical (unpaired) electrons. The van der Waals surface area contributed by atoms with Crippen LogP contribution in [0.2, 0.25) is 0 Å². The van der Waals surface area contributed by atoms with Crippen molar-refractivity contribution in [3.8, 4) is 0 Å². The lowest BCUT2D eigenvalue weighted by molar-refractivity contribution is 0.0600. The molecule has 8 heteroatoms. The van der Waals surface area contributed by atoms with Gasteiger partial charge in [0.05, 0.1) is 24.9 Å². The third kappa shape index (κ3) is 6.61. The molecule has 0 aliphatic carbocycles. The highest BCUT2D eigenvalue weighted by Gasteiger charge is 2.39. The van der Waals surface area contributed by atoms with Gasteiger partial charge in [-0.1, -0.05) is 12.1 Å². The van der Waals surface area contributed by atoms with Gasteiger partial charge in [0.25, 0.3) is 0 Å². The fraction of sp³-hybridized carbons (Fsp3) is 0.409. The van der Waals surface area contributed by atoms with Gasteiger partial charge in [-0.05, 0) is 75.9 Å². The Morgan fingerprint density at radius 3 is 1.90 bits per heavy atom. The van der Waals surface area contributed by atoms with Gasteiger partial charge in [-0.3, -0.25) is 4.57 Å². The molecular weight excluding hydrogens is 421 g/mol. The molecule has 0 saturated heterocycles. The van der Waals surface area contributed by atoms with Gasteiger partial charge < -0.3 is 19.1 Å². The van der Waals surface area contributed by atoms with Crippen LogP contribution in [0.15, 0.2) is 53.4 Å². The Hall–Kier alpha value is -1.79. The molecule has 2 rings (SSSR count). The van der Waals surface area contributed by atoms with Crippen LogP contribution >= 0.6 is 19.4 Å². The monoisotopic (exact) mass is 451 g/mol. The standard InChI is InChI=1S/C22H30NO5PS/c1-15(2)27-29(25,28-16(3)4)21(17-9-13-20(30-6)14-10-17)23-19-11-7-18(8-12-19)22(24)26-5/h7-16,21,23H,1-6H3. The molecule has 30 heavy (non-hydrogen) atoms. The van der Waals surface area contributed by atoms with Gasteiger partial charge in [-0.25, -0.2) is 4.79 Å². The predicted molar refractivity (Wildman–Crippen MR) is 122 cm³/mol. The van der Waals surface area contributed by atoms with Crippen molar-refractivity contribution in [2.45, 2.75) is 50.6 Å². The van der Waals surface area contributed by atoms with E-state index in [4.69, 9.17) is 13.8 Å². The molecule has 0 saturated carbocycles. The van der Waals surface area contributed by atoms with Gasteiger partial charge >= 0.3 is 13.6 Å². The molecule has 6 nitrogen and oxygen atoms in total. The number of ether oxygens (including phenoxy) is 1. The summed E-state index contributed by atoms with van der Waals surface area (Å²) in [6, 6.07) is 14.6. The summed E-state index contributed by atoms with van der Waals surface area (Å²) in [5.41, 5.74) is 1.90. The number of benzene rings is 2. The van der Waals surface area contributed by atoms with E-state index in [9.17, 15) is 9.36 Å². The van der Waals surface area contributed by atoms with E-state index in [0.717, 1.165) is 10.5 Å². The summed E-state index contributed by atoms with van der Waals surface area (Å²) in [7, 11) is -2.26. The number of nitrogens with one attached hydrogen (secondary N) is 1. The first-order valence-electron chi connectivity index (χ1n) is 9.74. The van der Waals surface area contributed by atoms with Crippen molar-refractivity contribution in [2.24, 2.45) is 0 Å². The molecule has 0 heterocycles. The number of rotatable bonds is 10. The highest BCUT2D eigenvalue weighted by atomic mass is 32.2.